The number of hydrogen-bond acceptors (Lipinski definition) is 2. The average Bonchev–Trinajstić information content (AvgIpc) is 3.00. The Kier molecular flexibility index (Phi) is 4.27. The maximum atomic E-state index is 12.5. The highest BCUT2D eigenvalue weighted by molar-refractivity contribution is 7.12. The summed E-state index contributed by atoms with van der Waals surface area (Å²) in [6.45, 7) is 1.96. The summed E-state index contributed by atoms with van der Waals surface area (Å²) in [5.74, 6) is -0.139. The molecule has 2 nitrogen and oxygen atoms in total. The zero-order valence-corrected chi connectivity index (χ0v) is 13.5. The molecule has 0 fully saturated rings. The van der Waals surface area contributed by atoms with Crippen LogP contribution < -0.4 is 5.32 Å². The van der Waals surface area contributed by atoms with E-state index in [2.05, 4.69) is 5.32 Å². The highest BCUT2D eigenvalue weighted by atomic mass is 35.5. The second-order valence-electron chi connectivity index (χ2n) is 4.97. The maximum absolute atomic E-state index is 12.5. The molecule has 2 aromatic carbocycles. The molecule has 0 saturated heterocycles. The highest BCUT2D eigenvalue weighted by Gasteiger charge is 2.15. The first kappa shape index (κ1) is 14.8. The molecule has 1 aromatic heterocycles. The van der Waals surface area contributed by atoms with Gasteiger partial charge in [0.1, 0.15) is 0 Å². The van der Waals surface area contributed by atoms with Crippen LogP contribution in [0, 0.1) is 6.92 Å². The Hall–Kier alpha value is -2.10. The minimum Gasteiger partial charge on any atom is -0.320 e. The lowest BCUT2D eigenvalue weighted by atomic mass is 10.1. The van der Waals surface area contributed by atoms with Crippen LogP contribution in [-0.2, 0) is 0 Å². The first-order chi connectivity index (χ1) is 10.6. The van der Waals surface area contributed by atoms with Crippen LogP contribution in [-0.4, -0.2) is 5.91 Å². The SMILES string of the molecule is Cc1ccc(NC(=O)c2sccc2-c2ccccc2)c(Cl)c1. The molecule has 0 saturated carbocycles. The fraction of sp³-hybridized carbons (Fsp3) is 0.0556. The van der Waals surface area contributed by atoms with Gasteiger partial charge in [-0.3, -0.25) is 4.79 Å². The van der Waals surface area contributed by atoms with E-state index in [1.807, 2.05) is 66.9 Å². The third-order valence-corrected chi connectivity index (χ3v) is 4.55. The average molecular weight is 328 g/mol. The van der Waals surface area contributed by atoms with E-state index in [-0.39, 0.29) is 5.91 Å². The van der Waals surface area contributed by atoms with Crippen molar-refractivity contribution < 1.29 is 4.79 Å². The summed E-state index contributed by atoms with van der Waals surface area (Å²) in [5, 5.41) is 5.36. The molecule has 0 aliphatic rings. The number of benzene rings is 2. The van der Waals surface area contributed by atoms with Crippen molar-refractivity contribution in [3.8, 4) is 11.1 Å². The van der Waals surface area contributed by atoms with E-state index in [4.69, 9.17) is 11.6 Å². The van der Waals surface area contributed by atoms with Crippen molar-refractivity contribution in [3.05, 3.63) is 75.4 Å². The summed E-state index contributed by atoms with van der Waals surface area (Å²) in [4.78, 5) is 13.2. The van der Waals surface area contributed by atoms with E-state index in [9.17, 15) is 4.79 Å². The zero-order valence-electron chi connectivity index (χ0n) is 12.0. The minimum atomic E-state index is -0.139. The summed E-state index contributed by atoms with van der Waals surface area (Å²) in [7, 11) is 0. The lowest BCUT2D eigenvalue weighted by molar-refractivity contribution is 0.103. The van der Waals surface area contributed by atoms with Crippen LogP contribution in [0.25, 0.3) is 11.1 Å². The van der Waals surface area contributed by atoms with Crippen LogP contribution >= 0.6 is 22.9 Å². The number of thiophene rings is 1. The van der Waals surface area contributed by atoms with Crippen molar-refractivity contribution in [1.29, 1.82) is 0 Å². The number of aryl methyl sites for hydroxylation is 1. The van der Waals surface area contributed by atoms with Crippen LogP contribution in [0.2, 0.25) is 5.02 Å². The van der Waals surface area contributed by atoms with Crippen molar-refractivity contribution in [2.24, 2.45) is 0 Å². The second kappa shape index (κ2) is 6.34. The molecular weight excluding hydrogens is 314 g/mol. The van der Waals surface area contributed by atoms with Gasteiger partial charge < -0.3 is 5.32 Å². The number of halogens is 1. The van der Waals surface area contributed by atoms with Gasteiger partial charge in [-0.25, -0.2) is 0 Å². The lowest BCUT2D eigenvalue weighted by Gasteiger charge is -2.08. The van der Waals surface area contributed by atoms with Gasteiger partial charge in [-0.2, -0.15) is 0 Å². The number of amides is 1. The summed E-state index contributed by atoms with van der Waals surface area (Å²) < 4.78 is 0. The Balaban J connectivity index is 1.89. The molecule has 1 amide bonds. The zero-order chi connectivity index (χ0) is 15.5. The predicted octanol–water partition coefficient (Wildman–Crippen LogP) is 5.63. The van der Waals surface area contributed by atoms with Gasteiger partial charge in [0.25, 0.3) is 5.91 Å². The topological polar surface area (TPSA) is 29.1 Å². The van der Waals surface area contributed by atoms with Crippen LogP contribution in [0.4, 0.5) is 5.69 Å². The first-order valence-electron chi connectivity index (χ1n) is 6.85. The molecule has 1 N–H and O–H groups in total. The molecule has 0 spiro atoms. The normalized spacial score (nSPS) is 10.5. The number of hydrogen-bond donors (Lipinski definition) is 1. The molecule has 0 aliphatic carbocycles. The van der Waals surface area contributed by atoms with Crippen molar-refractivity contribution in [1.82, 2.24) is 0 Å². The molecule has 3 aromatic rings. The minimum absolute atomic E-state index is 0.139. The number of carbonyl (C=O) groups is 1. The Labute approximate surface area is 138 Å². The monoisotopic (exact) mass is 327 g/mol. The lowest BCUT2D eigenvalue weighted by Crippen LogP contribution is -2.11. The molecule has 3 rings (SSSR count). The molecule has 22 heavy (non-hydrogen) atoms. The van der Waals surface area contributed by atoms with E-state index in [0.29, 0.717) is 15.6 Å². The van der Waals surface area contributed by atoms with Crippen molar-refractivity contribution in [3.63, 3.8) is 0 Å². The smallest absolute Gasteiger partial charge is 0.266 e. The van der Waals surface area contributed by atoms with E-state index >= 15 is 0 Å². The van der Waals surface area contributed by atoms with Gasteiger partial charge in [0.2, 0.25) is 0 Å². The number of carbonyl (C=O) groups excluding carboxylic acids is 1. The van der Waals surface area contributed by atoms with Crippen LogP contribution in [0.3, 0.4) is 0 Å². The van der Waals surface area contributed by atoms with E-state index < -0.39 is 0 Å². The Morgan fingerprint density at radius 3 is 2.59 bits per heavy atom. The fourth-order valence-electron chi connectivity index (χ4n) is 2.23. The van der Waals surface area contributed by atoms with Crippen LogP contribution in [0.5, 0.6) is 0 Å². The Morgan fingerprint density at radius 2 is 1.86 bits per heavy atom. The molecule has 110 valence electrons. The van der Waals surface area contributed by atoms with Gasteiger partial charge in [-0.05, 0) is 41.6 Å². The van der Waals surface area contributed by atoms with E-state index in [1.54, 1.807) is 0 Å². The number of rotatable bonds is 3. The molecule has 0 unspecified atom stereocenters. The largest absolute Gasteiger partial charge is 0.320 e. The highest BCUT2D eigenvalue weighted by Crippen LogP contribution is 2.30. The van der Waals surface area contributed by atoms with Crippen molar-refractivity contribution in [2.45, 2.75) is 6.92 Å². The Bertz CT molecular complexity index is 811. The van der Waals surface area contributed by atoms with Crippen molar-refractivity contribution in [2.75, 3.05) is 5.32 Å². The van der Waals surface area contributed by atoms with Gasteiger partial charge in [-0.1, -0.05) is 48.0 Å². The predicted molar refractivity (Wildman–Crippen MR) is 93.9 cm³/mol. The summed E-state index contributed by atoms with van der Waals surface area (Å²) in [5.41, 5.74) is 3.66. The quantitative estimate of drug-likeness (QED) is 0.663. The second-order valence-corrected chi connectivity index (χ2v) is 6.29. The van der Waals surface area contributed by atoms with Gasteiger partial charge >= 0.3 is 0 Å². The van der Waals surface area contributed by atoms with E-state index in [0.717, 1.165) is 16.7 Å². The standard InChI is InChI=1S/C18H14ClNOS/c1-12-7-8-16(15(19)11-12)20-18(21)17-14(9-10-22-17)13-5-3-2-4-6-13/h2-11H,1H3,(H,20,21). The molecule has 0 atom stereocenters. The molecule has 0 bridgehead atoms. The Morgan fingerprint density at radius 1 is 1.09 bits per heavy atom. The molecule has 1 heterocycles. The van der Waals surface area contributed by atoms with Gasteiger partial charge in [0, 0.05) is 5.56 Å². The molecule has 0 aliphatic heterocycles. The van der Waals surface area contributed by atoms with Gasteiger partial charge in [0.15, 0.2) is 0 Å². The number of anilines is 1. The summed E-state index contributed by atoms with van der Waals surface area (Å²) in [6.07, 6.45) is 0. The fourth-order valence-corrected chi connectivity index (χ4v) is 3.32. The first-order valence-corrected chi connectivity index (χ1v) is 8.11. The summed E-state index contributed by atoms with van der Waals surface area (Å²) in [6, 6.07) is 17.4. The van der Waals surface area contributed by atoms with E-state index in [1.165, 1.54) is 11.3 Å². The summed E-state index contributed by atoms with van der Waals surface area (Å²) >= 11 is 7.61. The molecular formula is C18H14ClNOS. The van der Waals surface area contributed by atoms with Crippen LogP contribution in [0.15, 0.2) is 60.0 Å². The third kappa shape index (κ3) is 3.06. The maximum Gasteiger partial charge on any atom is 0.266 e. The number of nitrogens with one attached hydrogen (secondary N) is 1. The van der Waals surface area contributed by atoms with Gasteiger partial charge in [0.05, 0.1) is 15.6 Å². The van der Waals surface area contributed by atoms with Gasteiger partial charge in [-0.15, -0.1) is 11.3 Å². The van der Waals surface area contributed by atoms with Crippen LogP contribution in [0.1, 0.15) is 15.2 Å². The molecule has 4 heteroatoms. The van der Waals surface area contributed by atoms with Crippen molar-refractivity contribution >= 4 is 34.5 Å². The molecule has 0 radical (unpaired) electrons. The third-order valence-electron chi connectivity index (χ3n) is 3.33.